The second-order valence-electron chi connectivity index (χ2n) is 26.9. The average molecular weight is 1400 g/mol. The maximum atomic E-state index is 14.6. The van der Waals surface area contributed by atoms with E-state index in [0.29, 0.717) is 38.5 Å². The van der Waals surface area contributed by atoms with Crippen molar-refractivity contribution in [3.05, 3.63) is 0 Å². The molecule has 0 fully saturated rings. The topological polar surface area (TPSA) is 382 Å². The molecular formula is C75H143N17O7. The maximum Gasteiger partial charge on any atom is 0.262 e. The predicted octanol–water partition coefficient (Wildman–Crippen LogP) is 13.5. The number of nitrogens with zero attached hydrogens (tertiary/aromatic N) is 6. The van der Waals surface area contributed by atoms with E-state index in [-0.39, 0.29) is 57.0 Å². The van der Waals surface area contributed by atoms with Gasteiger partial charge >= 0.3 is 0 Å². The Balaban J connectivity index is 6.59. The van der Waals surface area contributed by atoms with Crippen LogP contribution < -0.4 is 60.6 Å². The third-order valence-corrected chi connectivity index (χ3v) is 17.5. The molecule has 570 valence electrons. The van der Waals surface area contributed by atoms with Crippen LogP contribution in [0, 0.1) is 0 Å². The Morgan fingerprint density at radius 2 is 0.576 bits per heavy atom. The molecule has 24 nitrogen and oxygen atoms in total. The molecule has 4 atom stereocenters. The van der Waals surface area contributed by atoms with Crippen molar-refractivity contribution in [2.45, 2.75) is 392 Å². The second-order valence-corrected chi connectivity index (χ2v) is 26.9. The van der Waals surface area contributed by atoms with E-state index < -0.39 is 71.9 Å². The number of carbonyl (C=O) groups excluding carboxylic acids is 7. The molecule has 0 aliphatic rings. The molecule has 0 aliphatic carbocycles. The number of nitrogens with two attached hydrogens (primary N) is 4. The zero-order valence-corrected chi connectivity index (χ0v) is 62.7. The quantitative estimate of drug-likeness (QED) is 0.0118. The molecule has 0 aromatic rings. The van der Waals surface area contributed by atoms with Crippen molar-refractivity contribution in [1.29, 1.82) is 0 Å². The van der Waals surface area contributed by atoms with E-state index >= 15 is 0 Å². The van der Waals surface area contributed by atoms with E-state index in [1.165, 1.54) is 180 Å². The lowest BCUT2D eigenvalue weighted by molar-refractivity contribution is -0.133. The van der Waals surface area contributed by atoms with Gasteiger partial charge in [-0.2, -0.15) is 20.4 Å². The van der Waals surface area contributed by atoms with Crippen LogP contribution in [-0.2, 0) is 33.6 Å². The number of unbranched alkanes of at least 4 members (excludes halogenated alkanes) is 41. The number of hydrazone groups is 4. The van der Waals surface area contributed by atoms with Crippen LogP contribution in [0.1, 0.15) is 368 Å². The summed E-state index contributed by atoms with van der Waals surface area (Å²) in [6.07, 6.45) is 56.3. The first kappa shape index (κ1) is 92.5. The Morgan fingerprint density at radius 1 is 0.293 bits per heavy atom. The largest absolute Gasteiger partial charge is 0.370 e. The van der Waals surface area contributed by atoms with Gasteiger partial charge in [0.15, 0.2) is 11.9 Å². The molecule has 0 aromatic heterocycles. The Bertz CT molecular complexity index is 2220. The van der Waals surface area contributed by atoms with Crippen molar-refractivity contribution in [2.75, 3.05) is 6.54 Å². The average Bonchev–Trinajstić information content (AvgIpc) is 0.926. The van der Waals surface area contributed by atoms with E-state index in [1.807, 2.05) is 0 Å². The normalized spacial score (nSPS) is 12.7. The molecule has 0 rings (SSSR count). The molecule has 0 aromatic carbocycles. The molecule has 24 heteroatoms. The number of rotatable bonds is 70. The highest BCUT2D eigenvalue weighted by atomic mass is 16.2. The van der Waals surface area contributed by atoms with Gasteiger partial charge in [-0.25, -0.2) is 26.7 Å². The van der Waals surface area contributed by atoms with Crippen LogP contribution in [0.5, 0.6) is 0 Å². The summed E-state index contributed by atoms with van der Waals surface area (Å²) in [4.78, 5) is 105. The van der Waals surface area contributed by atoms with E-state index in [1.54, 1.807) is 24.9 Å². The van der Waals surface area contributed by atoms with Gasteiger partial charge in [0.25, 0.3) is 11.8 Å². The molecule has 0 unspecified atom stereocenters. The SMILES string of the molecule is CCCCCCCCCCCC/C=N/NC(=O)CC[C@H](NC(=O)CC[C@H](NC(=O)[C@H](CCCCN=C(N)N)N=C(N)N)C(=O)N[C@@H](CCC(=O)N/N=C/CCCCCCCCCCCC)C(=O)N/N=C/CCCCCCCCCCCC)C(=O)N/N=C/CCCCCCCCCCCC. The van der Waals surface area contributed by atoms with Crippen molar-refractivity contribution < 1.29 is 33.6 Å². The standard InChI is InChI=1S/C75H143N17O7/c1-5-9-13-17-21-25-29-33-37-41-46-59-81-89-68(94)56-53-65(72(98)91-83-61-48-43-39-35-31-27-23-19-15-11-7-3)85-67(93)55-52-64(86-70(96)63(88-75(78)79)51-45-50-58-80-74(76)77)71(97)87-66(73(99)92-84-62-49-44-40-36-32-28-24-20-16-12-8-4)54-57-69(95)90-82-60-47-42-38-34-30-26-22-18-14-10-6-2/h59-66H,5-58H2,1-4H3,(H,85,93)(H,86,96)(H,87,97)(H,89,94)(H,90,95)(H,91,98)(H,92,99)(H4,76,77,80)(H4,78,79,88)/b81-59+,82-60+,83-61+,84-62+/t63-,64-,65-,66-/m0/s1. The fourth-order valence-electron chi connectivity index (χ4n) is 11.4. The lowest BCUT2D eigenvalue weighted by Crippen LogP contribution is -2.55. The Kier molecular flexibility index (Phi) is 65.4. The maximum absolute atomic E-state index is 14.6. The summed E-state index contributed by atoms with van der Waals surface area (Å²) >= 11 is 0. The zero-order valence-electron chi connectivity index (χ0n) is 62.7. The fraction of sp³-hybridized carbons (Fsp3) is 0.827. The lowest BCUT2D eigenvalue weighted by Gasteiger charge is -2.24. The molecular weight excluding hydrogens is 1250 g/mol. The zero-order chi connectivity index (χ0) is 72.7. The van der Waals surface area contributed by atoms with Crippen molar-refractivity contribution in [1.82, 2.24) is 37.7 Å². The van der Waals surface area contributed by atoms with Gasteiger partial charge in [-0.15, -0.1) is 0 Å². The number of guanidine groups is 2. The van der Waals surface area contributed by atoms with E-state index in [0.717, 1.165) is 77.0 Å². The van der Waals surface area contributed by atoms with Crippen LogP contribution in [-0.4, -0.2) is 109 Å². The van der Waals surface area contributed by atoms with E-state index in [9.17, 15) is 33.6 Å². The number of hydrogen-bond acceptors (Lipinski definition) is 13. The first-order valence-electron chi connectivity index (χ1n) is 39.5. The van der Waals surface area contributed by atoms with Crippen molar-refractivity contribution in [2.24, 2.45) is 53.3 Å². The van der Waals surface area contributed by atoms with Crippen molar-refractivity contribution in [3.63, 3.8) is 0 Å². The van der Waals surface area contributed by atoms with Crippen molar-refractivity contribution >= 4 is 78.1 Å². The summed E-state index contributed by atoms with van der Waals surface area (Å²) in [5, 5.41) is 24.7. The van der Waals surface area contributed by atoms with Crippen LogP contribution in [0.15, 0.2) is 30.4 Å². The van der Waals surface area contributed by atoms with Gasteiger partial charge in [0.2, 0.25) is 29.5 Å². The van der Waals surface area contributed by atoms with Gasteiger partial charge in [-0.1, -0.05) is 259 Å². The van der Waals surface area contributed by atoms with Crippen LogP contribution in [0.3, 0.4) is 0 Å². The molecule has 0 aliphatic heterocycles. The molecule has 0 saturated heterocycles. The van der Waals surface area contributed by atoms with Crippen molar-refractivity contribution in [3.8, 4) is 0 Å². The predicted molar refractivity (Wildman–Crippen MR) is 410 cm³/mol. The van der Waals surface area contributed by atoms with Crippen LogP contribution in [0.4, 0.5) is 0 Å². The van der Waals surface area contributed by atoms with E-state index in [4.69, 9.17) is 22.9 Å². The van der Waals surface area contributed by atoms with Gasteiger partial charge < -0.3 is 38.9 Å². The van der Waals surface area contributed by atoms with Gasteiger partial charge in [0.1, 0.15) is 24.2 Å². The molecule has 15 N–H and O–H groups in total. The summed E-state index contributed by atoms with van der Waals surface area (Å²) in [5.74, 6) is -5.12. The molecule has 0 saturated carbocycles. The third kappa shape index (κ3) is 62.3. The van der Waals surface area contributed by atoms with Crippen LogP contribution >= 0.6 is 0 Å². The summed E-state index contributed by atoms with van der Waals surface area (Å²) in [7, 11) is 0. The summed E-state index contributed by atoms with van der Waals surface area (Å²) in [6, 6.07) is -5.27. The molecule has 0 spiro atoms. The summed E-state index contributed by atoms with van der Waals surface area (Å²) in [5.41, 5.74) is 32.8. The number of amides is 7. The highest BCUT2D eigenvalue weighted by Gasteiger charge is 2.31. The Labute approximate surface area is 598 Å². The first-order chi connectivity index (χ1) is 48.2. The monoisotopic (exact) mass is 1390 g/mol. The van der Waals surface area contributed by atoms with Gasteiger partial charge in [-0.3, -0.25) is 38.6 Å². The minimum absolute atomic E-state index is 0.0887. The Hall–Kier alpha value is -6.49. The highest BCUT2D eigenvalue weighted by Crippen LogP contribution is 2.16. The van der Waals surface area contributed by atoms with E-state index in [2.05, 4.69) is 95.7 Å². The number of hydrogen-bond donors (Lipinski definition) is 11. The highest BCUT2D eigenvalue weighted by molar-refractivity contribution is 5.95. The molecule has 99 heavy (non-hydrogen) atoms. The third-order valence-electron chi connectivity index (χ3n) is 17.5. The first-order valence-corrected chi connectivity index (χ1v) is 39.5. The fourth-order valence-corrected chi connectivity index (χ4v) is 11.4. The minimum atomic E-state index is -1.49. The smallest absolute Gasteiger partial charge is 0.262 e. The summed E-state index contributed by atoms with van der Waals surface area (Å²) < 4.78 is 0. The van der Waals surface area contributed by atoms with Crippen LogP contribution in [0.2, 0.25) is 0 Å². The number of carbonyl (C=O) groups is 7. The molecule has 7 amide bonds. The number of aliphatic imine (C=N–C) groups is 2. The summed E-state index contributed by atoms with van der Waals surface area (Å²) in [6.45, 7) is 9.16. The lowest BCUT2D eigenvalue weighted by atomic mass is 10.0. The second kappa shape index (κ2) is 70.0. The van der Waals surface area contributed by atoms with Gasteiger partial charge in [0, 0.05) is 50.7 Å². The van der Waals surface area contributed by atoms with Gasteiger partial charge in [-0.05, 0) is 89.9 Å². The van der Waals surface area contributed by atoms with Gasteiger partial charge in [0.05, 0.1) is 0 Å². The molecule has 0 bridgehead atoms. The molecule has 0 heterocycles. The Morgan fingerprint density at radius 3 is 0.899 bits per heavy atom. The van der Waals surface area contributed by atoms with Crippen LogP contribution in [0.25, 0.3) is 0 Å². The number of nitrogens with one attached hydrogen (secondary N) is 7. The minimum Gasteiger partial charge on any atom is -0.370 e. The molecule has 0 radical (unpaired) electrons.